The minimum atomic E-state index is -2.44. The Hall–Kier alpha value is -0.240. The SMILES string of the molecule is C=C(C)CO[P+](=O)O. The lowest BCUT2D eigenvalue weighted by Crippen LogP contribution is -1.84. The van der Waals surface area contributed by atoms with Crippen LogP contribution in [0.5, 0.6) is 0 Å². The summed E-state index contributed by atoms with van der Waals surface area (Å²) in [5.74, 6) is 0. The Labute approximate surface area is 48.9 Å². The molecule has 0 heterocycles. The Morgan fingerprint density at radius 3 is 2.62 bits per heavy atom. The second-order valence-electron chi connectivity index (χ2n) is 1.47. The number of rotatable bonds is 3. The maximum atomic E-state index is 9.79. The van der Waals surface area contributed by atoms with Crippen LogP contribution in [0.4, 0.5) is 0 Å². The third kappa shape index (κ3) is 5.76. The highest BCUT2D eigenvalue weighted by Crippen LogP contribution is 2.14. The zero-order valence-electron chi connectivity index (χ0n) is 4.63. The molecule has 4 heteroatoms. The maximum absolute atomic E-state index is 9.79. The third-order valence-electron chi connectivity index (χ3n) is 0.421. The summed E-state index contributed by atoms with van der Waals surface area (Å²) in [7, 11) is -2.44. The van der Waals surface area contributed by atoms with Crippen LogP contribution in [0.2, 0.25) is 0 Å². The fraction of sp³-hybridized carbons (Fsp3) is 0.500. The summed E-state index contributed by atoms with van der Waals surface area (Å²) in [4.78, 5) is 8.05. The van der Waals surface area contributed by atoms with Crippen molar-refractivity contribution in [3.8, 4) is 0 Å². The van der Waals surface area contributed by atoms with Crippen LogP contribution in [0.25, 0.3) is 0 Å². The molecular weight excluding hydrogens is 127 g/mol. The fourth-order valence-corrected chi connectivity index (χ4v) is 0.496. The van der Waals surface area contributed by atoms with Crippen molar-refractivity contribution < 1.29 is 14.0 Å². The van der Waals surface area contributed by atoms with E-state index < -0.39 is 8.25 Å². The van der Waals surface area contributed by atoms with Gasteiger partial charge in [0.05, 0.1) is 0 Å². The highest BCUT2D eigenvalue weighted by molar-refractivity contribution is 7.32. The monoisotopic (exact) mass is 135 g/mol. The Morgan fingerprint density at radius 2 is 2.50 bits per heavy atom. The van der Waals surface area contributed by atoms with Crippen LogP contribution in [0.3, 0.4) is 0 Å². The maximum Gasteiger partial charge on any atom is 0.695 e. The predicted octanol–water partition coefficient (Wildman–Crippen LogP) is 1.23. The Balaban J connectivity index is 3.18. The van der Waals surface area contributed by atoms with Gasteiger partial charge in [-0.05, 0) is 12.5 Å². The molecule has 0 aromatic rings. The van der Waals surface area contributed by atoms with Gasteiger partial charge in [-0.2, -0.15) is 0 Å². The van der Waals surface area contributed by atoms with E-state index in [1.807, 2.05) is 0 Å². The first-order valence-corrected chi connectivity index (χ1v) is 3.19. The van der Waals surface area contributed by atoms with Crippen molar-refractivity contribution in [2.75, 3.05) is 6.61 Å². The molecule has 0 saturated carbocycles. The average molecular weight is 135 g/mol. The molecule has 46 valence electrons. The molecule has 8 heavy (non-hydrogen) atoms. The van der Waals surface area contributed by atoms with E-state index in [2.05, 4.69) is 11.1 Å². The molecule has 0 aliphatic carbocycles. The first-order valence-electron chi connectivity index (χ1n) is 2.06. The van der Waals surface area contributed by atoms with E-state index in [9.17, 15) is 4.57 Å². The van der Waals surface area contributed by atoms with E-state index in [0.717, 1.165) is 5.57 Å². The average Bonchev–Trinajstić information content (AvgIpc) is 1.61. The van der Waals surface area contributed by atoms with Gasteiger partial charge in [0.25, 0.3) is 0 Å². The summed E-state index contributed by atoms with van der Waals surface area (Å²) in [5.41, 5.74) is 0.738. The van der Waals surface area contributed by atoms with Gasteiger partial charge in [0.1, 0.15) is 6.61 Å². The second-order valence-corrected chi connectivity index (χ2v) is 2.20. The predicted molar refractivity (Wildman–Crippen MR) is 30.6 cm³/mol. The minimum absolute atomic E-state index is 0.158. The lowest BCUT2D eigenvalue weighted by Gasteiger charge is -1.83. The van der Waals surface area contributed by atoms with E-state index in [-0.39, 0.29) is 6.61 Å². The summed E-state index contributed by atoms with van der Waals surface area (Å²) in [5, 5.41) is 0. The highest BCUT2D eigenvalue weighted by atomic mass is 31.1. The van der Waals surface area contributed by atoms with Crippen molar-refractivity contribution >= 4 is 8.25 Å². The molecule has 0 aromatic carbocycles. The van der Waals surface area contributed by atoms with Crippen LogP contribution in [-0.2, 0) is 9.09 Å². The molecule has 1 N–H and O–H groups in total. The third-order valence-corrected chi connectivity index (χ3v) is 0.771. The van der Waals surface area contributed by atoms with Gasteiger partial charge >= 0.3 is 8.25 Å². The van der Waals surface area contributed by atoms with Crippen LogP contribution < -0.4 is 0 Å². The van der Waals surface area contributed by atoms with Crippen molar-refractivity contribution in [2.24, 2.45) is 0 Å². The molecule has 1 atom stereocenters. The zero-order chi connectivity index (χ0) is 6.57. The first-order chi connectivity index (χ1) is 3.63. The molecule has 0 radical (unpaired) electrons. The summed E-state index contributed by atoms with van der Waals surface area (Å²) in [6.45, 7) is 5.34. The molecule has 0 fully saturated rings. The van der Waals surface area contributed by atoms with E-state index >= 15 is 0 Å². The number of hydrogen-bond donors (Lipinski definition) is 1. The summed E-state index contributed by atoms with van der Waals surface area (Å²) in [6, 6.07) is 0. The molecule has 0 bridgehead atoms. The summed E-state index contributed by atoms with van der Waals surface area (Å²) < 4.78 is 14.1. The lowest BCUT2D eigenvalue weighted by atomic mass is 10.4. The van der Waals surface area contributed by atoms with Crippen LogP contribution in [-0.4, -0.2) is 11.5 Å². The molecular formula is C4H8O3P+. The van der Waals surface area contributed by atoms with Crippen molar-refractivity contribution in [1.29, 1.82) is 0 Å². The van der Waals surface area contributed by atoms with Gasteiger partial charge in [-0.3, -0.25) is 0 Å². The van der Waals surface area contributed by atoms with Crippen molar-refractivity contribution in [3.63, 3.8) is 0 Å². The van der Waals surface area contributed by atoms with E-state index in [1.54, 1.807) is 6.92 Å². The molecule has 0 aliphatic heterocycles. The van der Waals surface area contributed by atoms with Crippen LogP contribution in [0, 0.1) is 0 Å². The smallest absolute Gasteiger partial charge is 0.133 e. The second kappa shape index (κ2) is 3.72. The van der Waals surface area contributed by atoms with Crippen LogP contribution in [0.15, 0.2) is 12.2 Å². The molecule has 0 amide bonds. The van der Waals surface area contributed by atoms with Gasteiger partial charge in [-0.15, -0.1) is 9.42 Å². The Morgan fingerprint density at radius 1 is 2.00 bits per heavy atom. The first kappa shape index (κ1) is 7.76. The molecule has 1 unspecified atom stereocenters. The molecule has 0 rings (SSSR count). The minimum Gasteiger partial charge on any atom is -0.133 e. The lowest BCUT2D eigenvalue weighted by molar-refractivity contribution is 0.306. The van der Waals surface area contributed by atoms with Gasteiger partial charge < -0.3 is 0 Å². The van der Waals surface area contributed by atoms with Crippen molar-refractivity contribution in [1.82, 2.24) is 0 Å². The highest BCUT2D eigenvalue weighted by Gasteiger charge is 2.09. The number of hydrogen-bond acceptors (Lipinski definition) is 2. The fourth-order valence-electron chi connectivity index (χ4n) is 0.165. The van der Waals surface area contributed by atoms with Crippen LogP contribution >= 0.6 is 8.25 Å². The van der Waals surface area contributed by atoms with E-state index in [4.69, 9.17) is 4.89 Å². The Bertz CT molecular complexity index is 95.9. The Kier molecular flexibility index (Phi) is 3.61. The van der Waals surface area contributed by atoms with E-state index in [1.165, 1.54) is 0 Å². The van der Waals surface area contributed by atoms with E-state index in [0.29, 0.717) is 0 Å². The van der Waals surface area contributed by atoms with Gasteiger partial charge in [0.15, 0.2) is 0 Å². The standard InChI is InChI=1S/C4H7O3P/c1-4(2)3-7-8(5)6/h1,3H2,2H3/p+1. The van der Waals surface area contributed by atoms with Gasteiger partial charge in [0.2, 0.25) is 0 Å². The molecule has 0 spiro atoms. The topological polar surface area (TPSA) is 46.5 Å². The van der Waals surface area contributed by atoms with Crippen molar-refractivity contribution in [2.45, 2.75) is 6.92 Å². The molecule has 0 aliphatic rings. The van der Waals surface area contributed by atoms with Gasteiger partial charge in [-0.25, -0.2) is 0 Å². The molecule has 0 aromatic heterocycles. The normalized spacial score (nSPS) is 11.0. The molecule has 0 saturated heterocycles. The summed E-state index contributed by atoms with van der Waals surface area (Å²) >= 11 is 0. The van der Waals surface area contributed by atoms with Gasteiger partial charge in [0, 0.05) is 4.57 Å². The largest absolute Gasteiger partial charge is 0.695 e. The van der Waals surface area contributed by atoms with Crippen molar-refractivity contribution in [3.05, 3.63) is 12.2 Å². The molecule has 3 nitrogen and oxygen atoms in total. The zero-order valence-corrected chi connectivity index (χ0v) is 5.52. The van der Waals surface area contributed by atoms with Crippen LogP contribution in [0.1, 0.15) is 6.92 Å². The van der Waals surface area contributed by atoms with Gasteiger partial charge in [-0.1, -0.05) is 6.58 Å². The quantitative estimate of drug-likeness (QED) is 0.467. The summed E-state index contributed by atoms with van der Waals surface area (Å²) in [6.07, 6.45) is 0.